The molecular formula is C33H37ClN4O6S. The van der Waals surface area contributed by atoms with Crippen LogP contribution in [0.5, 0.6) is 5.75 Å². The first-order valence-electron chi connectivity index (χ1n) is 15.6. The first-order valence-corrected chi connectivity index (χ1v) is 17.4. The fraction of sp³-hybridized carbons (Fsp3) is 0.455. The number of anilines is 1. The third kappa shape index (κ3) is 5.98. The molecule has 2 aromatic carbocycles. The molecule has 10 nitrogen and oxygen atoms in total. The predicted molar refractivity (Wildman–Crippen MR) is 169 cm³/mol. The summed E-state index contributed by atoms with van der Waals surface area (Å²) in [6, 6.07) is 11.2. The van der Waals surface area contributed by atoms with E-state index in [0.29, 0.717) is 31.9 Å². The van der Waals surface area contributed by atoms with Gasteiger partial charge in [-0.15, -0.1) is 0 Å². The molecule has 4 atom stereocenters. The van der Waals surface area contributed by atoms with Crippen LogP contribution in [-0.2, 0) is 28.6 Å². The smallest absolute Gasteiger partial charge is 0.304 e. The minimum Gasteiger partial charge on any atom is -0.490 e. The van der Waals surface area contributed by atoms with E-state index in [1.807, 2.05) is 12.1 Å². The largest absolute Gasteiger partial charge is 0.490 e. The van der Waals surface area contributed by atoms with E-state index in [0.717, 1.165) is 47.1 Å². The van der Waals surface area contributed by atoms with Crippen molar-refractivity contribution in [2.75, 3.05) is 31.1 Å². The van der Waals surface area contributed by atoms with Crippen LogP contribution >= 0.6 is 11.6 Å². The van der Waals surface area contributed by atoms with Crippen LogP contribution < -0.4 is 14.4 Å². The molecule has 1 amide bonds. The molecule has 0 radical (unpaired) electrons. The Labute approximate surface area is 268 Å². The molecule has 1 spiro atoms. The van der Waals surface area contributed by atoms with Crippen LogP contribution in [0.4, 0.5) is 5.69 Å². The number of hydrogen-bond acceptors (Lipinski definition) is 8. The van der Waals surface area contributed by atoms with Crippen molar-refractivity contribution in [1.82, 2.24) is 14.0 Å². The molecule has 2 N–H and O–H groups in total. The van der Waals surface area contributed by atoms with Crippen LogP contribution in [-0.4, -0.2) is 61.1 Å². The van der Waals surface area contributed by atoms with Crippen molar-refractivity contribution in [3.05, 3.63) is 88.6 Å². The van der Waals surface area contributed by atoms with Crippen LogP contribution in [0, 0.1) is 11.8 Å². The van der Waals surface area contributed by atoms with Gasteiger partial charge < -0.3 is 19.2 Å². The molecular weight excluding hydrogens is 616 g/mol. The quantitative estimate of drug-likeness (QED) is 0.384. The monoisotopic (exact) mass is 652 g/mol. The number of aliphatic hydroxyl groups excluding tert-OH is 1. The van der Waals surface area contributed by atoms with Crippen molar-refractivity contribution in [2.24, 2.45) is 11.8 Å². The van der Waals surface area contributed by atoms with E-state index in [4.69, 9.17) is 20.8 Å². The lowest BCUT2D eigenvalue weighted by Gasteiger charge is -2.45. The third-order valence-corrected chi connectivity index (χ3v) is 11.6. The second-order valence-electron chi connectivity index (χ2n) is 12.7. The van der Waals surface area contributed by atoms with Crippen LogP contribution in [0.25, 0.3) is 0 Å². The van der Waals surface area contributed by atoms with E-state index < -0.39 is 22.2 Å². The number of aromatic nitrogens is 1. The Bertz CT molecular complexity index is 1710. The number of fused-ring (bicyclic) bond motifs is 4. The summed E-state index contributed by atoms with van der Waals surface area (Å²) in [4.78, 5) is 19.9. The third-order valence-electron chi connectivity index (χ3n) is 9.90. The highest BCUT2D eigenvalue weighted by atomic mass is 35.5. The maximum absolute atomic E-state index is 13.5. The van der Waals surface area contributed by atoms with Gasteiger partial charge in [0.25, 0.3) is 5.91 Å². The van der Waals surface area contributed by atoms with Crippen LogP contribution in [0.2, 0.25) is 5.02 Å². The van der Waals surface area contributed by atoms with Gasteiger partial charge in [-0.25, -0.2) is 9.71 Å². The Morgan fingerprint density at radius 3 is 2.87 bits per heavy atom. The highest BCUT2D eigenvalue weighted by molar-refractivity contribution is 7.87. The lowest BCUT2D eigenvalue weighted by molar-refractivity contribution is 0.0456. The van der Waals surface area contributed by atoms with E-state index >= 15 is 0 Å². The molecule has 45 heavy (non-hydrogen) atoms. The number of hydrogen-bond donors (Lipinski definition) is 2. The van der Waals surface area contributed by atoms with Crippen molar-refractivity contribution >= 4 is 33.4 Å². The van der Waals surface area contributed by atoms with E-state index in [1.54, 1.807) is 24.3 Å². The Morgan fingerprint density at radius 2 is 2.07 bits per heavy atom. The average Bonchev–Trinajstić information content (AvgIpc) is 3.46. The van der Waals surface area contributed by atoms with Crippen molar-refractivity contribution in [3.63, 3.8) is 0 Å². The summed E-state index contributed by atoms with van der Waals surface area (Å²) in [6.45, 7) is 1.75. The molecule has 0 saturated heterocycles. The fourth-order valence-corrected chi connectivity index (χ4v) is 8.72. The number of oxazole rings is 1. The Morgan fingerprint density at radius 1 is 1.18 bits per heavy atom. The van der Waals surface area contributed by atoms with Gasteiger partial charge in [0.15, 0.2) is 0 Å². The molecule has 238 valence electrons. The van der Waals surface area contributed by atoms with E-state index in [2.05, 4.69) is 26.7 Å². The maximum Gasteiger partial charge on any atom is 0.304 e. The summed E-state index contributed by atoms with van der Waals surface area (Å²) in [6.07, 6.45) is 10.9. The molecule has 2 aliphatic heterocycles. The number of aryl methyl sites for hydroxylation is 1. The highest BCUT2D eigenvalue weighted by Crippen LogP contribution is 2.46. The molecule has 7 rings (SSSR count). The van der Waals surface area contributed by atoms with Gasteiger partial charge in [0.2, 0.25) is 5.89 Å². The van der Waals surface area contributed by atoms with Crippen LogP contribution in [0.1, 0.15) is 59.5 Å². The lowest BCUT2D eigenvalue weighted by atomic mass is 9.68. The van der Waals surface area contributed by atoms with E-state index in [1.165, 1.54) is 23.6 Å². The number of carbonyl (C=O) groups is 1. The van der Waals surface area contributed by atoms with Gasteiger partial charge in [-0.05, 0) is 91.8 Å². The molecule has 3 heterocycles. The van der Waals surface area contributed by atoms with E-state index in [-0.39, 0.29) is 41.8 Å². The van der Waals surface area contributed by atoms with Crippen molar-refractivity contribution in [1.29, 1.82) is 0 Å². The summed E-state index contributed by atoms with van der Waals surface area (Å²) in [5.74, 6) is 0.450. The zero-order chi connectivity index (χ0) is 31.2. The SMILES string of the molecule is O=C1NS(=O)(=O)N(Cc2ncco2)CC/C=C/[C@H](O)[C@@H]2CCC2CN2C[C@@]3(CCCc4cc(Cl)ccc43)COc3ccc1cc32. The summed E-state index contributed by atoms with van der Waals surface area (Å²) >= 11 is 6.39. The number of nitrogens with zero attached hydrogens (tertiary/aromatic N) is 3. The Hall–Kier alpha value is -3.38. The second kappa shape index (κ2) is 12.1. The van der Waals surface area contributed by atoms with Gasteiger partial charge >= 0.3 is 10.2 Å². The molecule has 3 aromatic rings. The van der Waals surface area contributed by atoms with Crippen molar-refractivity contribution < 1.29 is 27.5 Å². The van der Waals surface area contributed by atoms with Crippen LogP contribution in [0.15, 0.2) is 65.4 Å². The molecule has 1 unspecified atom stereocenters. The van der Waals surface area contributed by atoms with Gasteiger partial charge in [-0.1, -0.05) is 29.8 Å². The van der Waals surface area contributed by atoms with Gasteiger partial charge in [0, 0.05) is 35.6 Å². The number of halogens is 1. The number of ether oxygens (including phenoxy) is 1. The molecule has 1 fully saturated rings. The zero-order valence-electron chi connectivity index (χ0n) is 24.9. The molecule has 4 aliphatic rings. The van der Waals surface area contributed by atoms with Gasteiger partial charge in [-0.3, -0.25) is 4.79 Å². The van der Waals surface area contributed by atoms with E-state index in [9.17, 15) is 18.3 Å². The second-order valence-corrected chi connectivity index (χ2v) is 14.8. The molecule has 2 aliphatic carbocycles. The molecule has 2 bridgehead atoms. The Balaban J connectivity index is 1.27. The molecule has 1 saturated carbocycles. The summed E-state index contributed by atoms with van der Waals surface area (Å²) in [5, 5.41) is 11.9. The first-order chi connectivity index (χ1) is 21.7. The average molecular weight is 653 g/mol. The standard InChI is InChI=1S/C33H37ClN4O6S/c34-25-8-10-27-22(16-25)4-3-12-33(27)20-37-18-24-6-9-26(24)29(39)5-1-2-14-38(19-31-35-13-15-43-31)45(41,42)36-32(40)23-7-11-30(44-21-33)28(37)17-23/h1,5,7-8,10-11,13,15-17,24,26,29,39H,2-4,6,9,12,14,18-21H2,(H,36,40)/b5-1+/t24?,26-,29+,33+/m1/s1. The van der Waals surface area contributed by atoms with Gasteiger partial charge in [-0.2, -0.15) is 12.7 Å². The Kier molecular flexibility index (Phi) is 8.14. The summed E-state index contributed by atoms with van der Waals surface area (Å²) < 4.78 is 42.2. The summed E-state index contributed by atoms with van der Waals surface area (Å²) in [7, 11) is -4.27. The predicted octanol–water partition coefficient (Wildman–Crippen LogP) is 4.62. The fourth-order valence-electron chi connectivity index (χ4n) is 7.41. The van der Waals surface area contributed by atoms with Gasteiger partial charge in [0.1, 0.15) is 12.0 Å². The minimum atomic E-state index is -4.27. The molecule has 1 aromatic heterocycles. The number of rotatable bonds is 2. The summed E-state index contributed by atoms with van der Waals surface area (Å²) in [5.41, 5.74) is 3.14. The highest BCUT2D eigenvalue weighted by Gasteiger charge is 2.44. The first kappa shape index (κ1) is 30.3. The number of carbonyl (C=O) groups excluding carboxylic acids is 1. The normalized spacial score (nSPS) is 29.0. The maximum atomic E-state index is 13.5. The van der Waals surface area contributed by atoms with Gasteiger partial charge in [0.05, 0.1) is 31.1 Å². The number of benzene rings is 2. The zero-order valence-corrected chi connectivity index (χ0v) is 26.5. The van der Waals surface area contributed by atoms with Crippen molar-refractivity contribution in [2.45, 2.75) is 56.6 Å². The molecule has 12 heteroatoms. The van der Waals surface area contributed by atoms with Crippen molar-refractivity contribution in [3.8, 4) is 5.75 Å². The lowest BCUT2D eigenvalue weighted by Crippen LogP contribution is -2.49. The number of aliphatic hydroxyl groups is 1. The minimum absolute atomic E-state index is 0.0723. The number of nitrogens with one attached hydrogen (secondary N) is 1. The topological polar surface area (TPSA) is 125 Å². The number of amides is 1. The van der Waals surface area contributed by atoms with Crippen LogP contribution in [0.3, 0.4) is 0 Å².